The van der Waals surface area contributed by atoms with Crippen LogP contribution in [0.15, 0.2) is 30.3 Å². The molecule has 0 aliphatic carbocycles. The van der Waals surface area contributed by atoms with Crippen LogP contribution in [-0.4, -0.2) is 8.42 Å². The van der Waals surface area contributed by atoms with Crippen molar-refractivity contribution in [1.29, 1.82) is 0 Å². The summed E-state index contributed by atoms with van der Waals surface area (Å²) in [5.41, 5.74) is 0.218. The molecule has 0 aliphatic rings. The number of hydrogen-bond acceptors (Lipinski definition) is 2. The molecule has 1 aromatic carbocycles. The summed E-state index contributed by atoms with van der Waals surface area (Å²) >= 11 is 0. The SMILES string of the molecule is O=S(=O)(F)Nc1ccccc1. The van der Waals surface area contributed by atoms with E-state index in [1.54, 1.807) is 22.9 Å². The maximum Gasteiger partial charge on any atom is 0.396 e. The molecular formula is C6H6FNO2S. The first-order valence-corrected chi connectivity index (χ1v) is 4.24. The number of hydrogen-bond donors (Lipinski definition) is 1. The Morgan fingerprint density at radius 1 is 1.18 bits per heavy atom. The fraction of sp³-hybridized carbons (Fsp3) is 0. The second-order valence-corrected chi connectivity index (χ2v) is 2.99. The van der Waals surface area contributed by atoms with Gasteiger partial charge in [-0.15, -0.1) is 0 Å². The van der Waals surface area contributed by atoms with Crippen LogP contribution in [0.25, 0.3) is 0 Å². The lowest BCUT2D eigenvalue weighted by Gasteiger charge is -1.97. The number of rotatable bonds is 2. The molecule has 5 heteroatoms. The van der Waals surface area contributed by atoms with Crippen LogP contribution in [0.5, 0.6) is 0 Å². The first-order chi connectivity index (χ1) is 5.08. The average Bonchev–Trinajstić information content (AvgIpc) is 1.85. The van der Waals surface area contributed by atoms with Crippen molar-refractivity contribution in [2.24, 2.45) is 0 Å². The summed E-state index contributed by atoms with van der Waals surface area (Å²) in [7, 11) is -4.63. The molecule has 3 nitrogen and oxygen atoms in total. The Morgan fingerprint density at radius 2 is 1.73 bits per heavy atom. The molecule has 0 aromatic heterocycles. The van der Waals surface area contributed by atoms with Crippen molar-refractivity contribution >= 4 is 16.1 Å². The first-order valence-electron chi connectivity index (χ1n) is 2.85. The zero-order chi connectivity index (χ0) is 8.32. The highest BCUT2D eigenvalue weighted by Crippen LogP contribution is 2.07. The topological polar surface area (TPSA) is 46.2 Å². The van der Waals surface area contributed by atoms with Crippen LogP contribution in [0.2, 0.25) is 0 Å². The standard InChI is InChI=1S/C6H6FNO2S/c7-11(9,10)8-6-4-2-1-3-5-6/h1-5,8H. The van der Waals surface area contributed by atoms with Gasteiger partial charge < -0.3 is 0 Å². The summed E-state index contributed by atoms with van der Waals surface area (Å²) in [4.78, 5) is 0. The van der Waals surface area contributed by atoms with Gasteiger partial charge in [0.15, 0.2) is 0 Å². The Hall–Kier alpha value is -1.10. The molecule has 0 fully saturated rings. The van der Waals surface area contributed by atoms with E-state index >= 15 is 0 Å². The van der Waals surface area contributed by atoms with Gasteiger partial charge in [0.25, 0.3) is 0 Å². The maximum absolute atomic E-state index is 11.9. The Balaban J connectivity index is 2.82. The second kappa shape index (κ2) is 2.87. The number of halogens is 1. The quantitative estimate of drug-likeness (QED) is 0.689. The van der Waals surface area contributed by atoms with Crippen LogP contribution in [0, 0.1) is 0 Å². The molecule has 0 unspecified atom stereocenters. The third kappa shape index (κ3) is 2.99. The van der Waals surface area contributed by atoms with E-state index in [0.29, 0.717) is 0 Å². The number of anilines is 1. The summed E-state index contributed by atoms with van der Waals surface area (Å²) in [5, 5.41) is 0. The summed E-state index contributed by atoms with van der Waals surface area (Å²) in [6.07, 6.45) is 0. The van der Waals surface area contributed by atoms with Gasteiger partial charge in [-0.05, 0) is 12.1 Å². The van der Waals surface area contributed by atoms with Gasteiger partial charge in [0, 0.05) is 0 Å². The molecule has 1 aromatic rings. The van der Waals surface area contributed by atoms with Gasteiger partial charge >= 0.3 is 10.4 Å². The smallest absolute Gasteiger partial charge is 0.257 e. The normalized spacial score (nSPS) is 11.0. The van der Waals surface area contributed by atoms with Crippen molar-refractivity contribution in [2.75, 3.05) is 4.72 Å². The van der Waals surface area contributed by atoms with Gasteiger partial charge in [0.05, 0.1) is 5.69 Å². The van der Waals surface area contributed by atoms with Crippen molar-refractivity contribution in [3.63, 3.8) is 0 Å². The van der Waals surface area contributed by atoms with Crippen LogP contribution in [-0.2, 0) is 10.4 Å². The van der Waals surface area contributed by atoms with Crippen LogP contribution < -0.4 is 4.72 Å². The first kappa shape index (κ1) is 8.00. The zero-order valence-corrected chi connectivity index (χ0v) is 6.31. The molecule has 1 N–H and O–H groups in total. The Labute approximate surface area is 64.2 Å². The highest BCUT2D eigenvalue weighted by atomic mass is 32.3. The predicted molar refractivity (Wildman–Crippen MR) is 40.1 cm³/mol. The highest BCUT2D eigenvalue weighted by Gasteiger charge is 2.03. The molecule has 0 saturated heterocycles. The Bertz CT molecular complexity index is 322. The lowest BCUT2D eigenvalue weighted by Crippen LogP contribution is -2.04. The van der Waals surface area contributed by atoms with E-state index in [1.165, 1.54) is 12.1 Å². The van der Waals surface area contributed by atoms with Gasteiger partial charge in [0.1, 0.15) is 0 Å². The summed E-state index contributed by atoms with van der Waals surface area (Å²) in [6, 6.07) is 7.82. The molecule has 0 spiro atoms. The number of nitrogens with one attached hydrogen (secondary N) is 1. The van der Waals surface area contributed by atoms with Gasteiger partial charge in [-0.2, -0.15) is 8.42 Å². The van der Waals surface area contributed by atoms with Crippen LogP contribution in [0.3, 0.4) is 0 Å². The summed E-state index contributed by atoms with van der Waals surface area (Å²) in [5.74, 6) is 0. The summed E-state index contributed by atoms with van der Waals surface area (Å²) < 4.78 is 33.7. The average molecular weight is 175 g/mol. The lowest BCUT2D eigenvalue weighted by atomic mass is 10.3. The van der Waals surface area contributed by atoms with Crippen LogP contribution in [0.1, 0.15) is 0 Å². The number of para-hydroxylation sites is 1. The molecule has 0 heterocycles. The largest absolute Gasteiger partial charge is 0.396 e. The van der Waals surface area contributed by atoms with Crippen molar-refractivity contribution < 1.29 is 12.3 Å². The molecule has 60 valence electrons. The molecule has 0 saturated carbocycles. The molecule has 1 rings (SSSR count). The van der Waals surface area contributed by atoms with Gasteiger partial charge in [-0.25, -0.2) is 0 Å². The van der Waals surface area contributed by atoms with E-state index in [9.17, 15) is 12.3 Å². The molecule has 0 atom stereocenters. The maximum atomic E-state index is 11.9. The van der Waals surface area contributed by atoms with E-state index in [2.05, 4.69) is 0 Å². The van der Waals surface area contributed by atoms with E-state index in [0.717, 1.165) is 0 Å². The Kier molecular flexibility index (Phi) is 2.09. The molecule has 0 amide bonds. The lowest BCUT2D eigenvalue weighted by molar-refractivity contribution is 0.558. The number of benzene rings is 1. The van der Waals surface area contributed by atoms with E-state index in [-0.39, 0.29) is 5.69 Å². The fourth-order valence-electron chi connectivity index (χ4n) is 0.647. The minimum Gasteiger partial charge on any atom is -0.257 e. The van der Waals surface area contributed by atoms with Crippen molar-refractivity contribution in [1.82, 2.24) is 0 Å². The van der Waals surface area contributed by atoms with Crippen molar-refractivity contribution in [3.05, 3.63) is 30.3 Å². The zero-order valence-electron chi connectivity index (χ0n) is 5.49. The summed E-state index contributed by atoms with van der Waals surface area (Å²) in [6.45, 7) is 0. The fourth-order valence-corrected chi connectivity index (χ4v) is 1.06. The van der Waals surface area contributed by atoms with Crippen LogP contribution in [0.4, 0.5) is 9.57 Å². The molecular weight excluding hydrogens is 169 g/mol. The molecule has 0 bridgehead atoms. The predicted octanol–water partition coefficient (Wildman–Crippen LogP) is 1.31. The van der Waals surface area contributed by atoms with Crippen molar-refractivity contribution in [2.45, 2.75) is 0 Å². The van der Waals surface area contributed by atoms with E-state index in [1.807, 2.05) is 0 Å². The van der Waals surface area contributed by atoms with Crippen LogP contribution >= 0.6 is 0 Å². The van der Waals surface area contributed by atoms with E-state index < -0.39 is 10.4 Å². The minimum atomic E-state index is -4.63. The third-order valence-electron chi connectivity index (χ3n) is 1.01. The minimum absolute atomic E-state index is 0.218. The second-order valence-electron chi connectivity index (χ2n) is 1.91. The van der Waals surface area contributed by atoms with Crippen molar-refractivity contribution in [3.8, 4) is 0 Å². The Morgan fingerprint density at radius 3 is 2.18 bits per heavy atom. The van der Waals surface area contributed by atoms with Gasteiger partial charge in [-0.1, -0.05) is 22.1 Å². The monoisotopic (exact) mass is 175 g/mol. The van der Waals surface area contributed by atoms with Gasteiger partial charge in [0.2, 0.25) is 0 Å². The molecule has 0 aliphatic heterocycles. The van der Waals surface area contributed by atoms with E-state index in [4.69, 9.17) is 0 Å². The third-order valence-corrected chi connectivity index (χ3v) is 1.49. The molecule has 0 radical (unpaired) electrons. The molecule has 11 heavy (non-hydrogen) atoms. The highest BCUT2D eigenvalue weighted by molar-refractivity contribution is 7.87. The van der Waals surface area contributed by atoms with Gasteiger partial charge in [-0.3, -0.25) is 4.72 Å².